The summed E-state index contributed by atoms with van der Waals surface area (Å²) in [5.74, 6) is 0. The summed E-state index contributed by atoms with van der Waals surface area (Å²) >= 11 is 0. The van der Waals surface area contributed by atoms with Crippen LogP contribution < -0.4 is 10.6 Å². The maximum atomic E-state index is 3.84. The van der Waals surface area contributed by atoms with E-state index in [1.807, 2.05) is 0 Å². The Morgan fingerprint density at radius 1 is 0.792 bits per heavy atom. The maximum absolute atomic E-state index is 3.84. The van der Waals surface area contributed by atoms with Gasteiger partial charge in [0, 0.05) is 12.1 Å². The summed E-state index contributed by atoms with van der Waals surface area (Å²) < 4.78 is 0. The molecule has 0 bridgehead atoms. The molecule has 2 heteroatoms. The fourth-order valence-corrected chi connectivity index (χ4v) is 3.60. The molecule has 1 aliphatic heterocycles. The molecule has 3 aromatic rings. The highest BCUT2D eigenvalue weighted by Crippen LogP contribution is 2.36. The third-order valence-corrected chi connectivity index (χ3v) is 4.68. The SMILES string of the molecule is C[C@]1(Cc2ccccc2)Nc2ccccc2[C@H](c2ccccc2)N1. The first kappa shape index (κ1) is 15.0. The quantitative estimate of drug-likeness (QED) is 0.729. The smallest absolute Gasteiger partial charge is 0.0901 e. The van der Waals surface area contributed by atoms with E-state index in [1.165, 1.54) is 22.4 Å². The lowest BCUT2D eigenvalue weighted by Crippen LogP contribution is -2.55. The lowest BCUT2D eigenvalue weighted by Gasteiger charge is -2.43. The van der Waals surface area contributed by atoms with Crippen molar-refractivity contribution in [2.75, 3.05) is 5.32 Å². The van der Waals surface area contributed by atoms with Crippen LogP contribution in [-0.4, -0.2) is 5.66 Å². The van der Waals surface area contributed by atoms with E-state index in [0.717, 1.165) is 6.42 Å². The monoisotopic (exact) mass is 314 g/mol. The van der Waals surface area contributed by atoms with Gasteiger partial charge in [-0.2, -0.15) is 0 Å². The second kappa shape index (κ2) is 6.14. The molecular weight excluding hydrogens is 292 g/mol. The van der Waals surface area contributed by atoms with Crippen LogP contribution in [0.2, 0.25) is 0 Å². The van der Waals surface area contributed by atoms with Gasteiger partial charge in [0.2, 0.25) is 0 Å². The van der Waals surface area contributed by atoms with Crippen LogP contribution >= 0.6 is 0 Å². The normalized spacial score (nSPS) is 22.5. The summed E-state index contributed by atoms with van der Waals surface area (Å²) in [5, 5.41) is 7.55. The van der Waals surface area contributed by atoms with Crippen molar-refractivity contribution < 1.29 is 0 Å². The number of benzene rings is 3. The molecule has 0 radical (unpaired) electrons. The molecule has 0 unspecified atom stereocenters. The molecule has 2 atom stereocenters. The van der Waals surface area contributed by atoms with Gasteiger partial charge in [0.05, 0.1) is 11.7 Å². The van der Waals surface area contributed by atoms with Gasteiger partial charge in [-0.05, 0) is 29.7 Å². The fraction of sp³-hybridized carbons (Fsp3) is 0.182. The van der Waals surface area contributed by atoms with Gasteiger partial charge < -0.3 is 5.32 Å². The van der Waals surface area contributed by atoms with Crippen molar-refractivity contribution in [2.24, 2.45) is 0 Å². The van der Waals surface area contributed by atoms with E-state index in [-0.39, 0.29) is 11.7 Å². The summed E-state index contributed by atoms with van der Waals surface area (Å²) in [5.41, 5.74) is 4.94. The first-order valence-electron chi connectivity index (χ1n) is 8.47. The fourth-order valence-electron chi connectivity index (χ4n) is 3.60. The van der Waals surface area contributed by atoms with Crippen molar-refractivity contribution in [1.29, 1.82) is 0 Å². The highest BCUT2D eigenvalue weighted by atomic mass is 15.2. The third-order valence-electron chi connectivity index (χ3n) is 4.68. The zero-order valence-electron chi connectivity index (χ0n) is 13.9. The van der Waals surface area contributed by atoms with Crippen molar-refractivity contribution in [3.63, 3.8) is 0 Å². The summed E-state index contributed by atoms with van der Waals surface area (Å²) in [6.07, 6.45) is 0.922. The van der Waals surface area contributed by atoms with Gasteiger partial charge in [0.25, 0.3) is 0 Å². The van der Waals surface area contributed by atoms with E-state index >= 15 is 0 Å². The largest absolute Gasteiger partial charge is 0.367 e. The molecule has 0 spiro atoms. The predicted octanol–water partition coefficient (Wildman–Crippen LogP) is 4.75. The molecule has 0 amide bonds. The van der Waals surface area contributed by atoms with Gasteiger partial charge in [-0.1, -0.05) is 78.9 Å². The molecule has 1 heterocycles. The molecule has 120 valence electrons. The van der Waals surface area contributed by atoms with Gasteiger partial charge >= 0.3 is 0 Å². The maximum Gasteiger partial charge on any atom is 0.0901 e. The van der Waals surface area contributed by atoms with Crippen LogP contribution in [0.5, 0.6) is 0 Å². The zero-order valence-corrected chi connectivity index (χ0v) is 13.9. The number of para-hydroxylation sites is 1. The lowest BCUT2D eigenvalue weighted by atomic mass is 9.89. The van der Waals surface area contributed by atoms with Crippen LogP contribution in [0.4, 0.5) is 5.69 Å². The van der Waals surface area contributed by atoms with Crippen molar-refractivity contribution in [3.05, 3.63) is 102 Å². The molecule has 0 fully saturated rings. The molecule has 0 aliphatic carbocycles. The van der Waals surface area contributed by atoms with Gasteiger partial charge in [-0.3, -0.25) is 5.32 Å². The summed E-state index contributed by atoms with van der Waals surface area (Å²) in [7, 11) is 0. The van der Waals surface area contributed by atoms with Gasteiger partial charge in [0.1, 0.15) is 0 Å². The number of nitrogens with one attached hydrogen (secondary N) is 2. The summed E-state index contributed by atoms with van der Waals surface area (Å²) in [6.45, 7) is 2.24. The van der Waals surface area contributed by atoms with E-state index in [2.05, 4.69) is 102 Å². The predicted molar refractivity (Wildman–Crippen MR) is 100 cm³/mol. The average molecular weight is 314 g/mol. The van der Waals surface area contributed by atoms with E-state index in [4.69, 9.17) is 0 Å². The van der Waals surface area contributed by atoms with E-state index in [9.17, 15) is 0 Å². The Hall–Kier alpha value is -2.58. The lowest BCUT2D eigenvalue weighted by molar-refractivity contribution is 0.354. The summed E-state index contributed by atoms with van der Waals surface area (Å²) in [4.78, 5) is 0. The van der Waals surface area contributed by atoms with Crippen LogP contribution in [0, 0.1) is 0 Å². The van der Waals surface area contributed by atoms with E-state index < -0.39 is 0 Å². The molecule has 3 aromatic carbocycles. The number of anilines is 1. The molecule has 0 saturated heterocycles. The second-order valence-electron chi connectivity index (χ2n) is 6.69. The molecule has 0 saturated carbocycles. The standard InChI is InChI=1S/C22H22N2/c1-22(16-17-10-4-2-5-11-17)23-20-15-9-8-14-19(20)21(24-22)18-12-6-3-7-13-18/h2-15,21,23-24H,16H2,1H3/t21-,22-/m0/s1. The van der Waals surface area contributed by atoms with Crippen molar-refractivity contribution in [3.8, 4) is 0 Å². The van der Waals surface area contributed by atoms with Crippen LogP contribution in [0.1, 0.15) is 29.7 Å². The molecule has 2 nitrogen and oxygen atoms in total. The van der Waals surface area contributed by atoms with Crippen LogP contribution in [0.25, 0.3) is 0 Å². The Morgan fingerprint density at radius 3 is 2.17 bits per heavy atom. The topological polar surface area (TPSA) is 24.1 Å². The average Bonchev–Trinajstić information content (AvgIpc) is 2.62. The molecule has 1 aliphatic rings. The molecule has 2 N–H and O–H groups in total. The molecule has 24 heavy (non-hydrogen) atoms. The highest BCUT2D eigenvalue weighted by Gasteiger charge is 2.34. The van der Waals surface area contributed by atoms with Gasteiger partial charge in [0.15, 0.2) is 0 Å². The first-order valence-corrected chi connectivity index (χ1v) is 8.47. The molecule has 4 rings (SSSR count). The van der Waals surface area contributed by atoms with Crippen LogP contribution in [0.3, 0.4) is 0 Å². The minimum Gasteiger partial charge on any atom is -0.367 e. The summed E-state index contributed by atoms with van der Waals surface area (Å²) in [6, 6.07) is 30.1. The van der Waals surface area contributed by atoms with E-state index in [1.54, 1.807) is 0 Å². The third kappa shape index (κ3) is 2.93. The van der Waals surface area contributed by atoms with Crippen molar-refractivity contribution >= 4 is 5.69 Å². The Morgan fingerprint density at radius 2 is 1.42 bits per heavy atom. The molecular formula is C22H22N2. The highest BCUT2D eigenvalue weighted by molar-refractivity contribution is 5.59. The Balaban J connectivity index is 1.72. The van der Waals surface area contributed by atoms with Crippen molar-refractivity contribution in [2.45, 2.75) is 25.0 Å². The zero-order chi connectivity index (χ0) is 16.4. The van der Waals surface area contributed by atoms with E-state index in [0.29, 0.717) is 0 Å². The Kier molecular flexibility index (Phi) is 3.83. The van der Waals surface area contributed by atoms with Crippen LogP contribution in [0.15, 0.2) is 84.9 Å². The van der Waals surface area contributed by atoms with Crippen LogP contribution in [-0.2, 0) is 6.42 Å². The number of rotatable bonds is 3. The second-order valence-corrected chi connectivity index (χ2v) is 6.69. The number of fused-ring (bicyclic) bond motifs is 1. The first-order chi connectivity index (χ1) is 11.7. The minimum atomic E-state index is -0.198. The number of hydrogen-bond donors (Lipinski definition) is 2. The van der Waals surface area contributed by atoms with Crippen molar-refractivity contribution in [1.82, 2.24) is 5.32 Å². The molecule has 0 aromatic heterocycles. The minimum absolute atomic E-state index is 0.192. The van der Waals surface area contributed by atoms with Gasteiger partial charge in [-0.15, -0.1) is 0 Å². The Labute approximate surface area is 143 Å². The Bertz CT molecular complexity index is 814. The number of hydrogen-bond acceptors (Lipinski definition) is 2. The van der Waals surface area contributed by atoms with Gasteiger partial charge in [-0.25, -0.2) is 0 Å².